The van der Waals surface area contributed by atoms with E-state index in [-0.39, 0.29) is 12.3 Å². The molecule has 2 N–H and O–H groups in total. The first-order chi connectivity index (χ1) is 7.02. The number of hydrogen-bond donors (Lipinski definition) is 2. The molecule has 0 radical (unpaired) electrons. The first-order valence-electron chi connectivity index (χ1n) is 5.95. The van der Waals surface area contributed by atoms with Gasteiger partial charge in [-0.15, -0.1) is 0 Å². The zero-order valence-electron chi connectivity index (χ0n) is 10.7. The molecule has 0 aromatic carbocycles. The fourth-order valence-electron chi connectivity index (χ4n) is 1.32. The van der Waals surface area contributed by atoms with Crippen LogP contribution in [0.5, 0.6) is 0 Å². The molecular weight excluding hydrogens is 190 g/mol. The van der Waals surface area contributed by atoms with E-state index in [0.717, 1.165) is 26.1 Å². The summed E-state index contributed by atoms with van der Waals surface area (Å²) in [5.41, 5.74) is 0.00842. The molecule has 15 heavy (non-hydrogen) atoms. The number of hydrogen-bond acceptors (Lipinski definition) is 3. The number of nitrogens with one attached hydrogen (secondary N) is 1. The molecule has 0 aromatic rings. The average Bonchev–Trinajstić information content (AvgIpc) is 2.16. The van der Waals surface area contributed by atoms with Crippen molar-refractivity contribution in [2.45, 2.75) is 52.5 Å². The van der Waals surface area contributed by atoms with Crippen LogP contribution >= 0.6 is 0 Å². The smallest absolute Gasteiger partial charge is 0.0935 e. The number of aliphatic hydroxyl groups is 1. The van der Waals surface area contributed by atoms with Crippen LogP contribution in [0.4, 0.5) is 0 Å². The second kappa shape index (κ2) is 8.08. The quantitative estimate of drug-likeness (QED) is 0.459. The lowest BCUT2D eigenvalue weighted by atomic mass is 9.99. The Kier molecular flexibility index (Phi) is 8.02. The van der Waals surface area contributed by atoms with Gasteiger partial charge in [-0.1, -0.05) is 20.3 Å². The number of aliphatic hydroxyl groups excluding tert-OH is 1. The molecule has 3 nitrogen and oxygen atoms in total. The van der Waals surface area contributed by atoms with Gasteiger partial charge in [0.05, 0.1) is 6.73 Å². The second-order valence-corrected chi connectivity index (χ2v) is 4.91. The van der Waals surface area contributed by atoms with Gasteiger partial charge >= 0.3 is 0 Å². The lowest BCUT2D eigenvalue weighted by Crippen LogP contribution is -2.39. The van der Waals surface area contributed by atoms with Crippen LogP contribution in [0.3, 0.4) is 0 Å². The van der Waals surface area contributed by atoms with Crippen molar-refractivity contribution in [2.75, 3.05) is 19.9 Å². The highest BCUT2D eigenvalue weighted by Crippen LogP contribution is 2.11. The highest BCUT2D eigenvalue weighted by molar-refractivity contribution is 4.75. The first kappa shape index (κ1) is 14.9. The van der Waals surface area contributed by atoms with Crippen molar-refractivity contribution in [1.82, 2.24) is 5.32 Å². The lowest BCUT2D eigenvalue weighted by Gasteiger charge is -2.25. The lowest BCUT2D eigenvalue weighted by molar-refractivity contribution is 0.0938. The first-order valence-corrected chi connectivity index (χ1v) is 5.95. The Balaban J connectivity index is 3.37. The predicted molar refractivity (Wildman–Crippen MR) is 63.8 cm³/mol. The van der Waals surface area contributed by atoms with Crippen LogP contribution in [-0.2, 0) is 4.74 Å². The molecule has 0 saturated carbocycles. The van der Waals surface area contributed by atoms with Crippen LogP contribution in [0.2, 0.25) is 0 Å². The van der Waals surface area contributed by atoms with Crippen molar-refractivity contribution in [2.24, 2.45) is 5.92 Å². The van der Waals surface area contributed by atoms with Gasteiger partial charge in [-0.2, -0.15) is 0 Å². The molecule has 0 aliphatic heterocycles. The Morgan fingerprint density at radius 2 is 2.07 bits per heavy atom. The largest absolute Gasteiger partial charge is 0.381 e. The molecule has 1 atom stereocenters. The normalized spacial score (nSPS) is 14.2. The van der Waals surface area contributed by atoms with Crippen LogP contribution in [0, 0.1) is 5.92 Å². The van der Waals surface area contributed by atoms with Crippen molar-refractivity contribution in [1.29, 1.82) is 0 Å². The molecule has 0 aliphatic rings. The molecule has 0 rings (SSSR count). The Hall–Kier alpha value is -0.120. The van der Waals surface area contributed by atoms with Gasteiger partial charge in [-0.3, -0.25) is 5.32 Å². The van der Waals surface area contributed by atoms with E-state index in [2.05, 4.69) is 33.0 Å². The van der Waals surface area contributed by atoms with Gasteiger partial charge in [0.1, 0.15) is 0 Å². The molecule has 3 heteroatoms. The van der Waals surface area contributed by atoms with Gasteiger partial charge in [0.25, 0.3) is 0 Å². The van der Waals surface area contributed by atoms with E-state index in [9.17, 15) is 0 Å². The summed E-state index contributed by atoms with van der Waals surface area (Å²) < 4.78 is 5.57. The van der Waals surface area contributed by atoms with E-state index in [1.807, 2.05) is 0 Å². The van der Waals surface area contributed by atoms with Crippen molar-refractivity contribution in [3.63, 3.8) is 0 Å². The molecule has 1 unspecified atom stereocenters. The maximum atomic E-state index is 8.77. The van der Waals surface area contributed by atoms with Crippen molar-refractivity contribution in [3.8, 4) is 0 Å². The molecule has 0 heterocycles. The zero-order chi connectivity index (χ0) is 11.7. The van der Waals surface area contributed by atoms with E-state index < -0.39 is 0 Å². The van der Waals surface area contributed by atoms with Crippen LogP contribution < -0.4 is 5.32 Å². The number of rotatable bonds is 9. The Morgan fingerprint density at radius 3 is 2.60 bits per heavy atom. The molecule has 0 bridgehead atoms. The minimum absolute atomic E-state index is 0.00842. The summed E-state index contributed by atoms with van der Waals surface area (Å²) in [5, 5.41) is 11.8. The van der Waals surface area contributed by atoms with Gasteiger partial charge in [0, 0.05) is 18.8 Å². The highest BCUT2D eigenvalue weighted by atomic mass is 16.5. The summed E-state index contributed by atoms with van der Waals surface area (Å²) in [5.74, 6) is 0.661. The van der Waals surface area contributed by atoms with E-state index in [4.69, 9.17) is 9.84 Å². The van der Waals surface area contributed by atoms with Crippen LogP contribution in [0.25, 0.3) is 0 Å². The van der Waals surface area contributed by atoms with E-state index in [1.54, 1.807) is 0 Å². The average molecular weight is 217 g/mol. The minimum atomic E-state index is 0.00842. The summed E-state index contributed by atoms with van der Waals surface area (Å²) in [7, 11) is 0. The maximum Gasteiger partial charge on any atom is 0.0935 e. The third-order valence-corrected chi connectivity index (χ3v) is 2.75. The van der Waals surface area contributed by atoms with Crippen LogP contribution in [0.1, 0.15) is 47.0 Å². The summed E-state index contributed by atoms with van der Waals surface area (Å²) in [6.45, 7) is 10.3. The Morgan fingerprint density at radius 1 is 1.40 bits per heavy atom. The monoisotopic (exact) mass is 217 g/mol. The second-order valence-electron chi connectivity index (χ2n) is 4.91. The molecule has 0 fully saturated rings. The summed E-state index contributed by atoms with van der Waals surface area (Å²) >= 11 is 0. The summed E-state index contributed by atoms with van der Waals surface area (Å²) in [6.07, 6.45) is 3.24. The van der Waals surface area contributed by atoms with Gasteiger partial charge in [-0.25, -0.2) is 0 Å². The van der Waals surface area contributed by atoms with Crippen molar-refractivity contribution in [3.05, 3.63) is 0 Å². The third-order valence-electron chi connectivity index (χ3n) is 2.75. The zero-order valence-corrected chi connectivity index (χ0v) is 10.7. The fraction of sp³-hybridized carbons (Fsp3) is 1.00. The molecule has 0 aromatic heterocycles. The van der Waals surface area contributed by atoms with E-state index >= 15 is 0 Å². The number of ether oxygens (including phenoxy) is 1. The highest BCUT2D eigenvalue weighted by Gasteiger charge is 2.15. The van der Waals surface area contributed by atoms with Gasteiger partial charge in [0.2, 0.25) is 0 Å². The molecule has 0 amide bonds. The van der Waals surface area contributed by atoms with Crippen LogP contribution in [-0.4, -0.2) is 30.6 Å². The Labute approximate surface area is 94.2 Å². The van der Waals surface area contributed by atoms with E-state index in [0.29, 0.717) is 5.92 Å². The minimum Gasteiger partial charge on any atom is -0.381 e. The molecule has 0 aliphatic carbocycles. The van der Waals surface area contributed by atoms with Crippen molar-refractivity contribution >= 4 is 0 Å². The predicted octanol–water partition coefficient (Wildman–Crippen LogP) is 2.15. The summed E-state index contributed by atoms with van der Waals surface area (Å²) in [6, 6.07) is 0. The van der Waals surface area contributed by atoms with Gasteiger partial charge in [0.15, 0.2) is 0 Å². The van der Waals surface area contributed by atoms with Crippen LogP contribution in [0.15, 0.2) is 0 Å². The summed E-state index contributed by atoms with van der Waals surface area (Å²) in [4.78, 5) is 0. The fourth-order valence-corrected chi connectivity index (χ4v) is 1.32. The molecular formula is C12H27NO2. The Bertz CT molecular complexity index is 149. The molecule has 92 valence electrons. The SMILES string of the molecule is CCC(C)COCCCC(C)(C)NCO. The maximum absolute atomic E-state index is 8.77. The molecule has 0 saturated heterocycles. The molecule has 0 spiro atoms. The van der Waals surface area contributed by atoms with Crippen molar-refractivity contribution < 1.29 is 9.84 Å². The van der Waals surface area contributed by atoms with Gasteiger partial charge < -0.3 is 9.84 Å². The standard InChI is InChI=1S/C12H27NO2/c1-5-11(2)9-15-8-6-7-12(3,4)13-10-14/h11,13-14H,5-10H2,1-4H3. The van der Waals surface area contributed by atoms with Gasteiger partial charge in [-0.05, 0) is 32.6 Å². The topological polar surface area (TPSA) is 41.5 Å². The third kappa shape index (κ3) is 8.85. The van der Waals surface area contributed by atoms with E-state index in [1.165, 1.54) is 6.42 Å².